The van der Waals surface area contributed by atoms with Gasteiger partial charge in [-0.3, -0.25) is 9.00 Å². The summed E-state index contributed by atoms with van der Waals surface area (Å²) in [6, 6.07) is 16.7. The first-order valence-corrected chi connectivity index (χ1v) is 10.0. The van der Waals surface area contributed by atoms with Crippen LogP contribution in [0.15, 0.2) is 54.6 Å². The number of benzene rings is 2. The fourth-order valence-corrected chi connectivity index (χ4v) is 3.69. The van der Waals surface area contributed by atoms with Gasteiger partial charge < -0.3 is 11.1 Å². The van der Waals surface area contributed by atoms with Gasteiger partial charge in [0, 0.05) is 28.0 Å². The summed E-state index contributed by atoms with van der Waals surface area (Å²) in [6.45, 7) is 3.98. The van der Waals surface area contributed by atoms with Crippen molar-refractivity contribution in [2.75, 3.05) is 5.32 Å². The third kappa shape index (κ3) is 6.90. The second kappa shape index (κ2) is 11.1. The molecule has 0 aliphatic carbocycles. The van der Waals surface area contributed by atoms with E-state index in [0.717, 1.165) is 17.5 Å². The van der Waals surface area contributed by atoms with Crippen molar-refractivity contribution in [3.05, 3.63) is 65.7 Å². The molecule has 1 amide bonds. The lowest BCUT2D eigenvalue weighted by Crippen LogP contribution is -2.40. The maximum Gasteiger partial charge on any atom is 0.241 e. The van der Waals surface area contributed by atoms with Gasteiger partial charge in [0.05, 0.1) is 6.04 Å². The highest BCUT2D eigenvalue weighted by Gasteiger charge is 2.19. The Morgan fingerprint density at radius 3 is 2.35 bits per heavy atom. The first-order chi connectivity index (χ1) is 12.0. The van der Waals surface area contributed by atoms with Gasteiger partial charge in [-0.05, 0) is 29.2 Å². The van der Waals surface area contributed by atoms with Crippen LogP contribution in [0.5, 0.6) is 0 Å². The maximum absolute atomic E-state index is 12.4. The van der Waals surface area contributed by atoms with Crippen LogP contribution in [0.4, 0.5) is 5.69 Å². The quantitative estimate of drug-likeness (QED) is 0.713. The number of hydrogen-bond acceptors (Lipinski definition) is 3. The molecule has 0 fully saturated rings. The number of anilines is 1. The van der Waals surface area contributed by atoms with E-state index < -0.39 is 16.8 Å². The minimum absolute atomic E-state index is 0. The Morgan fingerprint density at radius 2 is 1.69 bits per heavy atom. The Kier molecular flexibility index (Phi) is 9.55. The molecule has 26 heavy (non-hydrogen) atoms. The standard InChI is InChI=1S/C20H26N2O2S.ClH/c1-3-15(2)19(21)20(23)22-18-11-7-10-17(12-18)14-25(24)13-16-8-5-4-6-9-16;/h4-12,15,19H,3,13-14,21H2,1-2H3,(H,22,23);1H. The molecule has 142 valence electrons. The lowest BCUT2D eigenvalue weighted by Gasteiger charge is -2.18. The molecule has 3 atom stereocenters. The Labute approximate surface area is 164 Å². The van der Waals surface area contributed by atoms with E-state index in [0.29, 0.717) is 17.2 Å². The van der Waals surface area contributed by atoms with E-state index in [-0.39, 0.29) is 24.2 Å². The molecule has 0 aromatic heterocycles. The summed E-state index contributed by atoms with van der Waals surface area (Å²) in [5.74, 6) is 0.922. The average molecular weight is 395 g/mol. The smallest absolute Gasteiger partial charge is 0.241 e. The fraction of sp³-hybridized carbons (Fsp3) is 0.350. The van der Waals surface area contributed by atoms with Gasteiger partial charge in [-0.15, -0.1) is 12.4 Å². The molecule has 0 saturated carbocycles. The van der Waals surface area contributed by atoms with Crippen LogP contribution in [0.25, 0.3) is 0 Å². The van der Waals surface area contributed by atoms with Gasteiger partial charge in [0.1, 0.15) is 0 Å². The summed E-state index contributed by atoms with van der Waals surface area (Å²) in [4.78, 5) is 12.2. The lowest BCUT2D eigenvalue weighted by atomic mass is 9.99. The van der Waals surface area contributed by atoms with Gasteiger partial charge in [-0.25, -0.2) is 0 Å². The van der Waals surface area contributed by atoms with Crippen molar-refractivity contribution in [3.63, 3.8) is 0 Å². The summed E-state index contributed by atoms with van der Waals surface area (Å²) in [6.07, 6.45) is 0.854. The summed E-state index contributed by atoms with van der Waals surface area (Å²) < 4.78 is 12.4. The van der Waals surface area contributed by atoms with Crippen LogP contribution >= 0.6 is 12.4 Å². The van der Waals surface area contributed by atoms with Gasteiger partial charge in [-0.1, -0.05) is 62.7 Å². The number of hydrogen-bond donors (Lipinski definition) is 2. The normalized spacial score (nSPS) is 14.0. The second-order valence-electron chi connectivity index (χ2n) is 6.32. The molecule has 2 aromatic rings. The van der Waals surface area contributed by atoms with Crippen LogP contribution in [0.1, 0.15) is 31.4 Å². The lowest BCUT2D eigenvalue weighted by molar-refractivity contribution is -0.118. The van der Waals surface area contributed by atoms with Crippen molar-refractivity contribution in [3.8, 4) is 0 Å². The molecular weight excluding hydrogens is 368 g/mol. The highest BCUT2D eigenvalue weighted by Crippen LogP contribution is 2.15. The van der Waals surface area contributed by atoms with Crippen LogP contribution in [0.3, 0.4) is 0 Å². The molecule has 0 radical (unpaired) electrons. The molecule has 0 saturated heterocycles. The highest BCUT2D eigenvalue weighted by atomic mass is 35.5. The Hall–Kier alpha value is -1.69. The van der Waals surface area contributed by atoms with E-state index in [9.17, 15) is 9.00 Å². The van der Waals surface area contributed by atoms with Crippen LogP contribution < -0.4 is 11.1 Å². The van der Waals surface area contributed by atoms with E-state index in [2.05, 4.69) is 5.32 Å². The third-order valence-electron chi connectivity index (χ3n) is 4.25. The highest BCUT2D eigenvalue weighted by molar-refractivity contribution is 7.83. The van der Waals surface area contributed by atoms with Crippen LogP contribution in [-0.4, -0.2) is 16.2 Å². The summed E-state index contributed by atoms with van der Waals surface area (Å²) in [5, 5.41) is 2.86. The maximum atomic E-state index is 12.4. The first-order valence-electron chi connectivity index (χ1n) is 8.54. The second-order valence-corrected chi connectivity index (χ2v) is 7.77. The zero-order chi connectivity index (χ0) is 18.2. The number of halogens is 1. The van der Waals surface area contributed by atoms with E-state index >= 15 is 0 Å². The van der Waals surface area contributed by atoms with Crippen LogP contribution in [0.2, 0.25) is 0 Å². The minimum Gasteiger partial charge on any atom is -0.325 e. The monoisotopic (exact) mass is 394 g/mol. The molecule has 0 bridgehead atoms. The molecule has 3 unspecified atom stereocenters. The van der Waals surface area contributed by atoms with E-state index in [1.54, 1.807) is 0 Å². The number of nitrogens with two attached hydrogens (primary N) is 1. The summed E-state index contributed by atoms with van der Waals surface area (Å²) in [7, 11) is -0.998. The molecule has 6 heteroatoms. The predicted molar refractivity (Wildman–Crippen MR) is 112 cm³/mol. The Bertz CT molecular complexity index is 725. The molecule has 0 aliphatic heterocycles. The van der Waals surface area contributed by atoms with E-state index in [1.807, 2.05) is 68.4 Å². The number of rotatable bonds is 8. The Morgan fingerprint density at radius 1 is 1.08 bits per heavy atom. The fourth-order valence-electron chi connectivity index (χ4n) is 2.47. The predicted octanol–water partition coefficient (Wildman–Crippen LogP) is 3.87. The van der Waals surface area contributed by atoms with Crippen LogP contribution in [-0.2, 0) is 27.1 Å². The van der Waals surface area contributed by atoms with Crippen molar-refractivity contribution < 1.29 is 9.00 Å². The molecule has 2 rings (SSSR count). The van der Waals surface area contributed by atoms with Crippen molar-refractivity contribution >= 4 is 34.8 Å². The topological polar surface area (TPSA) is 72.2 Å². The van der Waals surface area contributed by atoms with Gasteiger partial charge in [-0.2, -0.15) is 0 Å². The molecule has 0 aliphatic rings. The van der Waals surface area contributed by atoms with Crippen molar-refractivity contribution in [2.45, 2.75) is 37.8 Å². The molecule has 4 nitrogen and oxygen atoms in total. The number of amides is 1. The van der Waals surface area contributed by atoms with Crippen LogP contribution in [0, 0.1) is 5.92 Å². The van der Waals surface area contributed by atoms with Crippen molar-refractivity contribution in [2.24, 2.45) is 11.7 Å². The van der Waals surface area contributed by atoms with Gasteiger partial charge >= 0.3 is 0 Å². The minimum atomic E-state index is -0.998. The number of nitrogens with one attached hydrogen (secondary N) is 1. The zero-order valence-corrected chi connectivity index (χ0v) is 16.8. The molecular formula is C20H27ClN2O2S. The zero-order valence-electron chi connectivity index (χ0n) is 15.2. The van der Waals surface area contributed by atoms with Gasteiger partial charge in [0.15, 0.2) is 0 Å². The molecule has 0 heterocycles. The van der Waals surface area contributed by atoms with E-state index in [1.165, 1.54) is 0 Å². The van der Waals surface area contributed by atoms with Crippen molar-refractivity contribution in [1.82, 2.24) is 0 Å². The van der Waals surface area contributed by atoms with Gasteiger partial charge in [0.25, 0.3) is 0 Å². The molecule has 0 spiro atoms. The first kappa shape index (κ1) is 22.4. The average Bonchev–Trinajstić information content (AvgIpc) is 2.61. The SMILES string of the molecule is CCC(C)C(N)C(=O)Nc1cccc(CS(=O)Cc2ccccc2)c1.Cl. The third-order valence-corrected chi connectivity index (χ3v) is 5.56. The van der Waals surface area contributed by atoms with Gasteiger partial charge in [0.2, 0.25) is 5.91 Å². The summed E-state index contributed by atoms with van der Waals surface area (Å²) >= 11 is 0. The number of carbonyl (C=O) groups is 1. The summed E-state index contributed by atoms with van der Waals surface area (Å²) in [5.41, 5.74) is 8.65. The number of carbonyl (C=O) groups excluding carboxylic acids is 1. The Balaban J connectivity index is 0.00000338. The molecule has 3 N–H and O–H groups in total. The van der Waals surface area contributed by atoms with E-state index in [4.69, 9.17) is 5.73 Å². The molecule has 2 aromatic carbocycles. The van der Waals surface area contributed by atoms with Crippen molar-refractivity contribution in [1.29, 1.82) is 0 Å². The largest absolute Gasteiger partial charge is 0.325 e.